The zero-order valence-electron chi connectivity index (χ0n) is 15.3. The van der Waals surface area contributed by atoms with Crippen molar-refractivity contribution in [2.45, 2.75) is 12.3 Å². The van der Waals surface area contributed by atoms with E-state index >= 15 is 0 Å². The van der Waals surface area contributed by atoms with Crippen molar-refractivity contribution in [2.24, 2.45) is 0 Å². The molecule has 3 aromatic rings. The van der Waals surface area contributed by atoms with Crippen molar-refractivity contribution in [1.29, 1.82) is 0 Å². The molecule has 2 heterocycles. The number of hydrogen-bond donors (Lipinski definition) is 3. The molecule has 0 bridgehead atoms. The third-order valence-electron chi connectivity index (χ3n) is 4.95. The van der Waals surface area contributed by atoms with Crippen LogP contribution in [0, 0.1) is 5.82 Å². The van der Waals surface area contributed by atoms with Crippen LogP contribution >= 0.6 is 0 Å². The van der Waals surface area contributed by atoms with E-state index in [1.807, 2.05) is 0 Å². The maximum absolute atomic E-state index is 13.8. The molecular formula is C21H17FN2O5. The normalized spacial score (nSPS) is 15.5. The van der Waals surface area contributed by atoms with Gasteiger partial charge in [0.15, 0.2) is 11.5 Å². The van der Waals surface area contributed by atoms with E-state index in [4.69, 9.17) is 4.74 Å². The number of aromatic carboxylic acids is 1. The van der Waals surface area contributed by atoms with Crippen LogP contribution in [0.5, 0.6) is 11.5 Å². The molecule has 1 atom stereocenters. The van der Waals surface area contributed by atoms with Crippen molar-refractivity contribution in [3.63, 3.8) is 0 Å². The van der Waals surface area contributed by atoms with Crippen LogP contribution in [0.3, 0.4) is 0 Å². The summed E-state index contributed by atoms with van der Waals surface area (Å²) in [5.74, 6) is -2.36. The van der Waals surface area contributed by atoms with Crippen molar-refractivity contribution in [1.82, 2.24) is 4.57 Å². The van der Waals surface area contributed by atoms with E-state index < -0.39 is 17.7 Å². The quantitative estimate of drug-likeness (QED) is 0.627. The number of nitrogens with zero attached hydrogens (tertiary/aromatic N) is 1. The van der Waals surface area contributed by atoms with E-state index in [-0.39, 0.29) is 35.1 Å². The minimum atomic E-state index is -1.21. The number of nitrogens with one attached hydrogen (secondary N) is 1. The Labute approximate surface area is 165 Å². The van der Waals surface area contributed by atoms with Crippen molar-refractivity contribution >= 4 is 17.6 Å². The van der Waals surface area contributed by atoms with Crippen LogP contribution in [0.25, 0.3) is 5.69 Å². The van der Waals surface area contributed by atoms with Gasteiger partial charge >= 0.3 is 5.97 Å². The minimum Gasteiger partial charge on any atom is -0.504 e. The van der Waals surface area contributed by atoms with Crippen LogP contribution in [0.2, 0.25) is 0 Å². The molecule has 0 aliphatic carbocycles. The number of phenols is 1. The lowest BCUT2D eigenvalue weighted by atomic mass is 9.88. The summed E-state index contributed by atoms with van der Waals surface area (Å²) in [6, 6.07) is 10.5. The van der Waals surface area contributed by atoms with Crippen LogP contribution in [0.1, 0.15) is 34.0 Å². The zero-order valence-corrected chi connectivity index (χ0v) is 15.3. The fourth-order valence-corrected chi connectivity index (χ4v) is 3.66. The van der Waals surface area contributed by atoms with Gasteiger partial charge < -0.3 is 24.8 Å². The van der Waals surface area contributed by atoms with E-state index in [9.17, 15) is 24.2 Å². The Kier molecular flexibility index (Phi) is 4.46. The van der Waals surface area contributed by atoms with Crippen molar-refractivity contribution in [2.75, 3.05) is 12.4 Å². The number of carboxylic acid groups (broad SMARTS) is 1. The lowest BCUT2D eigenvalue weighted by Crippen LogP contribution is -2.25. The largest absolute Gasteiger partial charge is 0.504 e. The molecule has 0 unspecified atom stereocenters. The van der Waals surface area contributed by atoms with Crippen LogP contribution in [-0.4, -0.2) is 33.8 Å². The highest BCUT2D eigenvalue weighted by Gasteiger charge is 2.34. The van der Waals surface area contributed by atoms with Gasteiger partial charge in [0.2, 0.25) is 5.91 Å². The molecule has 0 fully saturated rings. The number of carbonyl (C=O) groups is 2. The highest BCUT2D eigenvalue weighted by atomic mass is 19.1. The van der Waals surface area contributed by atoms with E-state index in [1.54, 1.807) is 22.8 Å². The van der Waals surface area contributed by atoms with Crippen LogP contribution in [0.4, 0.5) is 10.1 Å². The third-order valence-corrected chi connectivity index (χ3v) is 4.95. The summed E-state index contributed by atoms with van der Waals surface area (Å²) in [5, 5.41) is 22.2. The molecule has 7 nitrogen and oxygen atoms in total. The monoisotopic (exact) mass is 396 g/mol. The highest BCUT2D eigenvalue weighted by molar-refractivity contribution is 6.04. The number of rotatable bonds is 4. The smallest absolute Gasteiger partial charge is 0.339 e. The van der Waals surface area contributed by atoms with Gasteiger partial charge in [0.1, 0.15) is 11.4 Å². The fourth-order valence-electron chi connectivity index (χ4n) is 3.66. The number of phenolic OH excluding ortho intramolecular Hbond substituents is 1. The number of anilines is 1. The summed E-state index contributed by atoms with van der Waals surface area (Å²) in [6.45, 7) is 0. The van der Waals surface area contributed by atoms with Crippen LogP contribution in [-0.2, 0) is 4.79 Å². The number of benzene rings is 2. The first-order chi connectivity index (χ1) is 13.9. The molecule has 4 rings (SSSR count). The van der Waals surface area contributed by atoms with E-state index in [2.05, 4.69) is 5.32 Å². The molecule has 0 radical (unpaired) electrons. The molecule has 1 aromatic heterocycles. The number of aromatic hydroxyl groups is 1. The molecule has 0 saturated carbocycles. The fraction of sp³-hybridized carbons (Fsp3) is 0.143. The van der Waals surface area contributed by atoms with Gasteiger partial charge in [-0.05, 0) is 35.9 Å². The number of amides is 1. The second-order valence-electron chi connectivity index (χ2n) is 6.69. The van der Waals surface area contributed by atoms with Crippen LogP contribution < -0.4 is 10.1 Å². The minimum absolute atomic E-state index is 0.0523. The molecule has 8 heteroatoms. The molecule has 0 spiro atoms. The van der Waals surface area contributed by atoms with Gasteiger partial charge in [0.05, 0.1) is 18.5 Å². The summed E-state index contributed by atoms with van der Waals surface area (Å²) in [5.41, 5.74) is 1.69. The number of hydrogen-bond acceptors (Lipinski definition) is 4. The van der Waals surface area contributed by atoms with Gasteiger partial charge in [-0.1, -0.05) is 12.1 Å². The second kappa shape index (κ2) is 6.97. The third kappa shape index (κ3) is 3.18. The summed E-state index contributed by atoms with van der Waals surface area (Å²) in [6.07, 6.45) is 1.43. The topological polar surface area (TPSA) is 101 Å². The molecule has 29 heavy (non-hydrogen) atoms. The lowest BCUT2D eigenvalue weighted by Gasteiger charge is -2.26. The Bertz CT molecular complexity index is 1140. The number of carbonyl (C=O) groups excluding carboxylic acids is 1. The van der Waals surface area contributed by atoms with E-state index in [0.29, 0.717) is 16.9 Å². The average Bonchev–Trinajstić information content (AvgIpc) is 3.07. The SMILES string of the molecule is COc1cc([C@H]2CC(=O)Nc3c(C(=O)O)cn(-c4cccc(F)c4)c32)ccc1O. The molecule has 1 aliphatic heterocycles. The summed E-state index contributed by atoms with van der Waals surface area (Å²) >= 11 is 0. The molecule has 1 aliphatic rings. The van der Waals surface area contributed by atoms with Crippen molar-refractivity contribution in [3.8, 4) is 17.2 Å². The lowest BCUT2D eigenvalue weighted by molar-refractivity contribution is -0.116. The number of carboxylic acids is 1. The number of halogens is 1. The van der Waals surface area contributed by atoms with Crippen LogP contribution in [0.15, 0.2) is 48.7 Å². The van der Waals surface area contributed by atoms with E-state index in [1.165, 1.54) is 37.6 Å². The van der Waals surface area contributed by atoms with Crippen molar-refractivity contribution < 1.29 is 28.9 Å². The molecule has 2 aromatic carbocycles. The number of ether oxygens (including phenoxy) is 1. The van der Waals surface area contributed by atoms with Gasteiger partial charge in [-0.3, -0.25) is 4.79 Å². The first-order valence-corrected chi connectivity index (χ1v) is 8.80. The first-order valence-electron chi connectivity index (χ1n) is 8.80. The molecule has 1 amide bonds. The Morgan fingerprint density at radius 2 is 2.07 bits per heavy atom. The maximum Gasteiger partial charge on any atom is 0.339 e. The molecule has 0 saturated heterocycles. The van der Waals surface area contributed by atoms with Gasteiger partial charge in [-0.2, -0.15) is 0 Å². The Morgan fingerprint density at radius 1 is 1.28 bits per heavy atom. The number of fused-ring (bicyclic) bond motifs is 1. The molecular weight excluding hydrogens is 379 g/mol. The number of methoxy groups -OCH3 is 1. The predicted octanol–water partition coefficient (Wildman–Crippen LogP) is 3.50. The predicted molar refractivity (Wildman–Crippen MR) is 102 cm³/mol. The summed E-state index contributed by atoms with van der Waals surface area (Å²) in [4.78, 5) is 24.1. The van der Waals surface area contributed by atoms with Crippen molar-refractivity contribution in [3.05, 3.63) is 71.3 Å². The Hall–Kier alpha value is -3.81. The molecule has 148 valence electrons. The molecule has 3 N–H and O–H groups in total. The Morgan fingerprint density at radius 3 is 2.76 bits per heavy atom. The van der Waals surface area contributed by atoms with Gasteiger partial charge in [-0.25, -0.2) is 9.18 Å². The van der Waals surface area contributed by atoms with E-state index in [0.717, 1.165) is 0 Å². The number of aromatic nitrogens is 1. The van der Waals surface area contributed by atoms with Gasteiger partial charge in [0.25, 0.3) is 0 Å². The Balaban J connectivity index is 1.97. The summed E-state index contributed by atoms with van der Waals surface area (Å²) < 4.78 is 20.6. The summed E-state index contributed by atoms with van der Waals surface area (Å²) in [7, 11) is 1.41. The maximum atomic E-state index is 13.8. The first kappa shape index (κ1) is 18.5. The zero-order chi connectivity index (χ0) is 20.7. The standard InChI is InChI=1S/C21H17FN2O5/c1-29-17-7-11(5-6-16(17)25)14-9-18(26)23-19-15(21(27)28)10-24(20(14)19)13-4-2-3-12(22)8-13/h2-8,10,14,25H,9H2,1H3,(H,23,26)(H,27,28)/t14-/m1/s1. The van der Waals surface area contributed by atoms with Gasteiger partial charge in [0, 0.05) is 24.2 Å². The highest BCUT2D eigenvalue weighted by Crippen LogP contribution is 2.43. The van der Waals surface area contributed by atoms with Gasteiger partial charge in [-0.15, -0.1) is 0 Å². The second-order valence-corrected chi connectivity index (χ2v) is 6.69. The average molecular weight is 396 g/mol.